The zero-order valence-electron chi connectivity index (χ0n) is 11.8. The highest BCUT2D eigenvalue weighted by Crippen LogP contribution is 2.21. The summed E-state index contributed by atoms with van der Waals surface area (Å²) in [6, 6.07) is 8.86. The Bertz CT molecular complexity index is 381. The van der Waals surface area contributed by atoms with Crippen LogP contribution in [0.3, 0.4) is 0 Å². The van der Waals surface area contributed by atoms with Crippen molar-refractivity contribution in [2.75, 3.05) is 19.7 Å². The van der Waals surface area contributed by atoms with Crippen LogP contribution >= 0.6 is 15.9 Å². The van der Waals surface area contributed by atoms with E-state index in [1.165, 1.54) is 38.6 Å². The molecule has 1 fully saturated rings. The number of ether oxygens (including phenoxy) is 1. The van der Waals surface area contributed by atoms with E-state index in [2.05, 4.69) is 27.8 Å². The molecule has 1 atom stereocenters. The second-order valence-corrected chi connectivity index (χ2v) is 6.20. The van der Waals surface area contributed by atoms with Crippen LogP contribution in [0.15, 0.2) is 28.7 Å². The lowest BCUT2D eigenvalue weighted by Crippen LogP contribution is -2.41. The molecule has 0 radical (unpaired) electrons. The summed E-state index contributed by atoms with van der Waals surface area (Å²) in [6.07, 6.45) is 6.72. The highest BCUT2D eigenvalue weighted by molar-refractivity contribution is 9.10. The second kappa shape index (κ2) is 7.91. The van der Waals surface area contributed by atoms with Gasteiger partial charge in [0, 0.05) is 17.1 Å². The van der Waals surface area contributed by atoms with Gasteiger partial charge in [0.25, 0.3) is 0 Å². The summed E-state index contributed by atoms with van der Waals surface area (Å²) in [5.74, 6) is 0.957. The fourth-order valence-corrected chi connectivity index (χ4v) is 3.23. The predicted molar refractivity (Wildman–Crippen MR) is 83.8 cm³/mol. The van der Waals surface area contributed by atoms with Gasteiger partial charge in [0.2, 0.25) is 0 Å². The molecular weight excluding hydrogens is 302 g/mol. The molecule has 1 heterocycles. The molecule has 0 amide bonds. The average Bonchev–Trinajstić information content (AvgIpc) is 2.41. The van der Waals surface area contributed by atoms with Crippen molar-refractivity contribution >= 4 is 15.9 Å². The van der Waals surface area contributed by atoms with Crippen molar-refractivity contribution in [3.05, 3.63) is 28.7 Å². The predicted octanol–water partition coefficient (Wildman–Crippen LogP) is 4.48. The minimum absolute atomic E-state index is 0.782. The highest BCUT2D eigenvalue weighted by atomic mass is 79.9. The molecule has 0 aromatic heterocycles. The summed E-state index contributed by atoms with van der Waals surface area (Å²) in [4.78, 5) is 2.62. The third kappa shape index (κ3) is 4.81. The third-order valence-electron chi connectivity index (χ3n) is 3.81. The SMILES string of the molecule is CCCC1CCCCN1CCOc1cccc(Br)c1. The van der Waals surface area contributed by atoms with Crippen molar-refractivity contribution < 1.29 is 4.74 Å². The van der Waals surface area contributed by atoms with E-state index in [1.807, 2.05) is 24.3 Å². The van der Waals surface area contributed by atoms with Gasteiger partial charge in [-0.3, -0.25) is 4.90 Å². The van der Waals surface area contributed by atoms with Gasteiger partial charge in [0.15, 0.2) is 0 Å². The van der Waals surface area contributed by atoms with Gasteiger partial charge in [-0.1, -0.05) is 41.8 Å². The average molecular weight is 326 g/mol. The van der Waals surface area contributed by atoms with E-state index in [0.717, 1.165) is 29.4 Å². The van der Waals surface area contributed by atoms with E-state index in [4.69, 9.17) is 4.74 Å². The van der Waals surface area contributed by atoms with Crippen LogP contribution in [0.4, 0.5) is 0 Å². The largest absolute Gasteiger partial charge is 0.492 e. The highest BCUT2D eigenvalue weighted by Gasteiger charge is 2.20. The molecule has 0 spiro atoms. The zero-order chi connectivity index (χ0) is 13.5. The molecule has 19 heavy (non-hydrogen) atoms. The summed E-state index contributed by atoms with van der Waals surface area (Å²) in [5, 5.41) is 0. The lowest BCUT2D eigenvalue weighted by molar-refractivity contribution is 0.116. The number of benzene rings is 1. The lowest BCUT2D eigenvalue weighted by Gasteiger charge is -2.35. The molecule has 0 N–H and O–H groups in total. The number of piperidine rings is 1. The van der Waals surface area contributed by atoms with E-state index in [-0.39, 0.29) is 0 Å². The van der Waals surface area contributed by atoms with Gasteiger partial charge in [-0.15, -0.1) is 0 Å². The maximum atomic E-state index is 5.84. The summed E-state index contributed by atoms with van der Waals surface area (Å²) >= 11 is 3.47. The van der Waals surface area contributed by atoms with Crippen LogP contribution in [0.25, 0.3) is 0 Å². The second-order valence-electron chi connectivity index (χ2n) is 5.28. The molecular formula is C16H24BrNO. The quantitative estimate of drug-likeness (QED) is 0.764. The molecule has 2 rings (SSSR count). The Balaban J connectivity index is 1.77. The fraction of sp³-hybridized carbons (Fsp3) is 0.625. The van der Waals surface area contributed by atoms with Crippen LogP contribution in [-0.2, 0) is 0 Å². The number of rotatable bonds is 6. The van der Waals surface area contributed by atoms with Gasteiger partial charge in [0.1, 0.15) is 12.4 Å². The first-order chi connectivity index (χ1) is 9.29. The minimum Gasteiger partial charge on any atom is -0.492 e. The Labute approximate surface area is 125 Å². The first-order valence-corrected chi connectivity index (χ1v) is 8.21. The first kappa shape index (κ1) is 14.9. The molecule has 0 saturated carbocycles. The van der Waals surface area contributed by atoms with Crippen molar-refractivity contribution in [1.29, 1.82) is 0 Å². The molecule has 1 aromatic rings. The van der Waals surface area contributed by atoms with Gasteiger partial charge >= 0.3 is 0 Å². The van der Waals surface area contributed by atoms with Crippen LogP contribution < -0.4 is 4.74 Å². The van der Waals surface area contributed by atoms with Crippen molar-refractivity contribution in [3.8, 4) is 5.75 Å². The van der Waals surface area contributed by atoms with Crippen LogP contribution in [0, 0.1) is 0 Å². The molecule has 1 aliphatic heterocycles. The van der Waals surface area contributed by atoms with Gasteiger partial charge < -0.3 is 4.74 Å². The number of halogens is 1. The summed E-state index contributed by atoms with van der Waals surface area (Å²) in [5.41, 5.74) is 0. The number of nitrogens with zero attached hydrogens (tertiary/aromatic N) is 1. The van der Waals surface area contributed by atoms with Crippen LogP contribution in [-0.4, -0.2) is 30.6 Å². The van der Waals surface area contributed by atoms with Crippen molar-refractivity contribution in [2.45, 2.75) is 45.1 Å². The zero-order valence-corrected chi connectivity index (χ0v) is 13.4. The smallest absolute Gasteiger partial charge is 0.120 e. The van der Waals surface area contributed by atoms with E-state index in [1.54, 1.807) is 0 Å². The van der Waals surface area contributed by atoms with Crippen molar-refractivity contribution in [2.24, 2.45) is 0 Å². The van der Waals surface area contributed by atoms with Gasteiger partial charge in [0.05, 0.1) is 0 Å². The maximum Gasteiger partial charge on any atom is 0.120 e. The molecule has 0 bridgehead atoms. The van der Waals surface area contributed by atoms with Gasteiger partial charge in [-0.25, -0.2) is 0 Å². The third-order valence-corrected chi connectivity index (χ3v) is 4.31. The fourth-order valence-electron chi connectivity index (χ4n) is 2.85. The molecule has 1 aliphatic rings. The van der Waals surface area contributed by atoms with Gasteiger partial charge in [-0.2, -0.15) is 0 Å². The Hall–Kier alpha value is -0.540. The molecule has 2 nitrogen and oxygen atoms in total. The Morgan fingerprint density at radius 1 is 1.37 bits per heavy atom. The topological polar surface area (TPSA) is 12.5 Å². The van der Waals surface area contributed by atoms with E-state index < -0.39 is 0 Å². The summed E-state index contributed by atoms with van der Waals surface area (Å²) < 4.78 is 6.92. The van der Waals surface area contributed by atoms with E-state index in [9.17, 15) is 0 Å². The molecule has 3 heteroatoms. The number of hydrogen-bond acceptors (Lipinski definition) is 2. The molecule has 1 aromatic carbocycles. The molecule has 1 saturated heterocycles. The number of likely N-dealkylation sites (tertiary alicyclic amines) is 1. The summed E-state index contributed by atoms with van der Waals surface area (Å²) in [7, 11) is 0. The Kier molecular flexibility index (Phi) is 6.18. The molecule has 1 unspecified atom stereocenters. The van der Waals surface area contributed by atoms with Crippen LogP contribution in [0.5, 0.6) is 5.75 Å². The Morgan fingerprint density at radius 3 is 3.05 bits per heavy atom. The Morgan fingerprint density at radius 2 is 2.26 bits per heavy atom. The van der Waals surface area contributed by atoms with Crippen LogP contribution in [0.2, 0.25) is 0 Å². The van der Waals surface area contributed by atoms with Crippen LogP contribution in [0.1, 0.15) is 39.0 Å². The van der Waals surface area contributed by atoms with E-state index >= 15 is 0 Å². The molecule has 106 valence electrons. The monoisotopic (exact) mass is 325 g/mol. The lowest BCUT2D eigenvalue weighted by atomic mass is 9.98. The standard InChI is InChI=1S/C16H24BrNO/c1-2-6-15-8-3-4-10-18(15)11-12-19-16-9-5-7-14(17)13-16/h5,7,9,13,15H,2-4,6,8,10-12H2,1H3. The molecule has 0 aliphatic carbocycles. The number of hydrogen-bond donors (Lipinski definition) is 0. The summed E-state index contributed by atoms with van der Waals surface area (Å²) in [6.45, 7) is 5.37. The first-order valence-electron chi connectivity index (χ1n) is 7.42. The normalized spacial score (nSPS) is 20.4. The van der Waals surface area contributed by atoms with Gasteiger partial charge in [-0.05, 0) is 44.0 Å². The maximum absolute atomic E-state index is 5.84. The van der Waals surface area contributed by atoms with Crippen molar-refractivity contribution in [1.82, 2.24) is 4.90 Å². The van der Waals surface area contributed by atoms with E-state index in [0.29, 0.717) is 0 Å². The van der Waals surface area contributed by atoms with Crippen molar-refractivity contribution in [3.63, 3.8) is 0 Å². The minimum atomic E-state index is 0.782.